The van der Waals surface area contributed by atoms with E-state index >= 15 is 0 Å². The Morgan fingerprint density at radius 3 is 2.37 bits per heavy atom. The number of benzene rings is 1. The van der Waals surface area contributed by atoms with Gasteiger partial charge in [0.25, 0.3) is 0 Å². The average molecular weight is 262 g/mol. The lowest BCUT2D eigenvalue weighted by molar-refractivity contribution is 0.0819. The van der Waals surface area contributed by atoms with Crippen molar-refractivity contribution >= 4 is 5.69 Å². The molecule has 106 valence electrons. The second kappa shape index (κ2) is 6.92. The lowest BCUT2D eigenvalue weighted by Crippen LogP contribution is -2.36. The van der Waals surface area contributed by atoms with Crippen LogP contribution in [0.3, 0.4) is 0 Å². The van der Waals surface area contributed by atoms with Gasteiger partial charge in [0, 0.05) is 38.5 Å². The molecular formula is C16H26N2O. The Morgan fingerprint density at radius 2 is 1.84 bits per heavy atom. The first-order chi connectivity index (χ1) is 9.19. The van der Waals surface area contributed by atoms with Gasteiger partial charge in [0.1, 0.15) is 0 Å². The quantitative estimate of drug-likeness (QED) is 0.883. The SMILES string of the molecule is COC1CCN(c2ccc(CNC(C)C)cc2)CC1. The molecule has 19 heavy (non-hydrogen) atoms. The fourth-order valence-corrected chi connectivity index (χ4v) is 2.50. The molecule has 0 saturated carbocycles. The number of nitrogens with one attached hydrogen (secondary N) is 1. The summed E-state index contributed by atoms with van der Waals surface area (Å²) < 4.78 is 5.41. The van der Waals surface area contributed by atoms with Gasteiger partial charge in [-0.25, -0.2) is 0 Å². The van der Waals surface area contributed by atoms with Crippen LogP contribution in [0.5, 0.6) is 0 Å². The van der Waals surface area contributed by atoms with Gasteiger partial charge in [0.2, 0.25) is 0 Å². The summed E-state index contributed by atoms with van der Waals surface area (Å²) in [5.41, 5.74) is 2.69. The van der Waals surface area contributed by atoms with Crippen LogP contribution in [-0.2, 0) is 11.3 Å². The molecule has 1 aliphatic heterocycles. The van der Waals surface area contributed by atoms with E-state index in [1.54, 1.807) is 0 Å². The summed E-state index contributed by atoms with van der Waals surface area (Å²) >= 11 is 0. The minimum atomic E-state index is 0.450. The molecule has 0 aromatic heterocycles. The lowest BCUT2D eigenvalue weighted by atomic mass is 10.1. The first-order valence-corrected chi connectivity index (χ1v) is 7.29. The van der Waals surface area contributed by atoms with Gasteiger partial charge in [-0.2, -0.15) is 0 Å². The number of methoxy groups -OCH3 is 1. The smallest absolute Gasteiger partial charge is 0.0605 e. The van der Waals surface area contributed by atoms with Crippen molar-refractivity contribution in [2.45, 2.75) is 45.4 Å². The zero-order valence-electron chi connectivity index (χ0n) is 12.4. The monoisotopic (exact) mass is 262 g/mol. The summed E-state index contributed by atoms with van der Waals surface area (Å²) in [5.74, 6) is 0. The van der Waals surface area contributed by atoms with Gasteiger partial charge in [0.05, 0.1) is 6.10 Å². The van der Waals surface area contributed by atoms with E-state index in [-0.39, 0.29) is 0 Å². The fourth-order valence-electron chi connectivity index (χ4n) is 2.50. The van der Waals surface area contributed by atoms with Crippen LogP contribution in [0.1, 0.15) is 32.3 Å². The molecule has 1 aromatic carbocycles. The first kappa shape index (κ1) is 14.4. The predicted octanol–water partition coefficient (Wildman–Crippen LogP) is 2.80. The van der Waals surface area contributed by atoms with Gasteiger partial charge in [-0.15, -0.1) is 0 Å². The van der Waals surface area contributed by atoms with Crippen molar-refractivity contribution in [2.75, 3.05) is 25.1 Å². The number of ether oxygens (including phenoxy) is 1. The Hall–Kier alpha value is -1.06. The van der Waals surface area contributed by atoms with Crippen molar-refractivity contribution in [3.63, 3.8) is 0 Å². The molecule has 0 radical (unpaired) electrons. The summed E-state index contributed by atoms with van der Waals surface area (Å²) in [6.07, 6.45) is 2.71. The molecule has 2 rings (SSSR count). The highest BCUT2D eigenvalue weighted by Crippen LogP contribution is 2.21. The van der Waals surface area contributed by atoms with Gasteiger partial charge < -0.3 is 15.0 Å². The van der Waals surface area contributed by atoms with E-state index < -0.39 is 0 Å². The zero-order chi connectivity index (χ0) is 13.7. The topological polar surface area (TPSA) is 24.5 Å². The van der Waals surface area contributed by atoms with E-state index in [2.05, 4.69) is 48.3 Å². The Labute approximate surface area is 116 Å². The van der Waals surface area contributed by atoms with Crippen LogP contribution in [0, 0.1) is 0 Å². The largest absolute Gasteiger partial charge is 0.381 e. The van der Waals surface area contributed by atoms with E-state index in [0.717, 1.165) is 32.5 Å². The minimum Gasteiger partial charge on any atom is -0.381 e. The van der Waals surface area contributed by atoms with E-state index in [0.29, 0.717) is 12.1 Å². The average Bonchev–Trinajstić information content (AvgIpc) is 2.46. The molecule has 1 fully saturated rings. The number of hydrogen-bond acceptors (Lipinski definition) is 3. The van der Waals surface area contributed by atoms with Gasteiger partial charge in [-0.05, 0) is 30.5 Å². The number of piperidine rings is 1. The van der Waals surface area contributed by atoms with Crippen LogP contribution >= 0.6 is 0 Å². The first-order valence-electron chi connectivity index (χ1n) is 7.29. The molecule has 1 aromatic rings. The lowest BCUT2D eigenvalue weighted by Gasteiger charge is -2.33. The van der Waals surface area contributed by atoms with Crippen LogP contribution in [0.4, 0.5) is 5.69 Å². The molecule has 1 saturated heterocycles. The number of anilines is 1. The fraction of sp³-hybridized carbons (Fsp3) is 0.625. The van der Waals surface area contributed by atoms with Crippen LogP contribution < -0.4 is 10.2 Å². The Bertz CT molecular complexity index is 367. The van der Waals surface area contributed by atoms with E-state index in [4.69, 9.17) is 4.74 Å². The standard InChI is InChI=1S/C16H26N2O/c1-13(2)17-12-14-4-6-15(7-5-14)18-10-8-16(19-3)9-11-18/h4-7,13,16-17H,8-12H2,1-3H3. The Morgan fingerprint density at radius 1 is 1.21 bits per heavy atom. The molecular weight excluding hydrogens is 236 g/mol. The highest BCUT2D eigenvalue weighted by molar-refractivity contribution is 5.48. The van der Waals surface area contributed by atoms with E-state index in [1.807, 2.05) is 7.11 Å². The molecule has 0 atom stereocenters. The number of rotatable bonds is 5. The van der Waals surface area contributed by atoms with E-state index in [1.165, 1.54) is 11.3 Å². The third kappa shape index (κ3) is 4.22. The van der Waals surface area contributed by atoms with E-state index in [9.17, 15) is 0 Å². The number of hydrogen-bond donors (Lipinski definition) is 1. The molecule has 1 heterocycles. The third-order valence-electron chi connectivity index (χ3n) is 3.79. The zero-order valence-corrected chi connectivity index (χ0v) is 12.4. The van der Waals surface area contributed by atoms with Crippen molar-refractivity contribution < 1.29 is 4.74 Å². The highest BCUT2D eigenvalue weighted by Gasteiger charge is 2.18. The highest BCUT2D eigenvalue weighted by atomic mass is 16.5. The number of nitrogens with zero attached hydrogens (tertiary/aromatic N) is 1. The summed E-state index contributed by atoms with van der Waals surface area (Å²) in [6.45, 7) is 7.50. The molecule has 0 amide bonds. The van der Waals surface area contributed by atoms with Crippen molar-refractivity contribution in [2.24, 2.45) is 0 Å². The Balaban J connectivity index is 1.88. The van der Waals surface area contributed by atoms with Crippen molar-refractivity contribution in [3.8, 4) is 0 Å². The van der Waals surface area contributed by atoms with Crippen LogP contribution in [0.15, 0.2) is 24.3 Å². The van der Waals surface area contributed by atoms with Crippen molar-refractivity contribution in [1.82, 2.24) is 5.32 Å². The molecule has 0 bridgehead atoms. The summed E-state index contributed by atoms with van der Waals surface area (Å²) in [7, 11) is 1.82. The van der Waals surface area contributed by atoms with Crippen LogP contribution in [-0.4, -0.2) is 32.3 Å². The molecule has 1 aliphatic rings. The van der Waals surface area contributed by atoms with Gasteiger partial charge in [-0.3, -0.25) is 0 Å². The molecule has 0 spiro atoms. The second-order valence-corrected chi connectivity index (χ2v) is 5.62. The molecule has 0 aliphatic carbocycles. The molecule has 1 N–H and O–H groups in total. The summed E-state index contributed by atoms with van der Waals surface area (Å²) in [4.78, 5) is 2.45. The predicted molar refractivity (Wildman–Crippen MR) is 80.7 cm³/mol. The molecule has 3 nitrogen and oxygen atoms in total. The maximum Gasteiger partial charge on any atom is 0.0605 e. The molecule has 0 unspecified atom stereocenters. The third-order valence-corrected chi connectivity index (χ3v) is 3.79. The Kier molecular flexibility index (Phi) is 5.23. The van der Waals surface area contributed by atoms with Crippen molar-refractivity contribution in [3.05, 3.63) is 29.8 Å². The normalized spacial score (nSPS) is 17.2. The minimum absolute atomic E-state index is 0.450. The van der Waals surface area contributed by atoms with Crippen LogP contribution in [0.25, 0.3) is 0 Å². The van der Waals surface area contributed by atoms with Crippen LogP contribution in [0.2, 0.25) is 0 Å². The maximum atomic E-state index is 5.41. The van der Waals surface area contributed by atoms with Gasteiger partial charge in [-0.1, -0.05) is 26.0 Å². The van der Waals surface area contributed by atoms with Gasteiger partial charge >= 0.3 is 0 Å². The maximum absolute atomic E-state index is 5.41. The van der Waals surface area contributed by atoms with Gasteiger partial charge in [0.15, 0.2) is 0 Å². The second-order valence-electron chi connectivity index (χ2n) is 5.62. The summed E-state index contributed by atoms with van der Waals surface area (Å²) in [6, 6.07) is 9.47. The molecule has 3 heteroatoms. The van der Waals surface area contributed by atoms with Crippen molar-refractivity contribution in [1.29, 1.82) is 0 Å². The summed E-state index contributed by atoms with van der Waals surface area (Å²) in [5, 5.41) is 3.44.